The Hall–Kier alpha value is -4.58. The molecule has 1 aliphatic rings. The van der Waals surface area contributed by atoms with E-state index in [-0.39, 0.29) is 11.3 Å². The van der Waals surface area contributed by atoms with Crippen LogP contribution in [0.2, 0.25) is 0 Å². The van der Waals surface area contributed by atoms with E-state index in [0.29, 0.717) is 22.7 Å². The molecule has 0 unspecified atom stereocenters. The van der Waals surface area contributed by atoms with Gasteiger partial charge in [0, 0.05) is 11.1 Å². The van der Waals surface area contributed by atoms with Crippen LogP contribution >= 0.6 is 0 Å². The lowest BCUT2D eigenvalue weighted by Gasteiger charge is -2.18. The molecule has 168 valence electrons. The summed E-state index contributed by atoms with van der Waals surface area (Å²) in [5.41, 5.74) is 2.23. The number of imide groups is 1. The van der Waals surface area contributed by atoms with E-state index in [9.17, 15) is 9.59 Å². The van der Waals surface area contributed by atoms with Gasteiger partial charge in [-0.05, 0) is 41.3 Å². The number of nitrogens with one attached hydrogen (secondary N) is 1. The molecule has 4 aromatic rings. The Labute approximate surface area is 197 Å². The van der Waals surface area contributed by atoms with Crippen LogP contribution in [0.1, 0.15) is 5.56 Å². The van der Waals surface area contributed by atoms with E-state index in [4.69, 9.17) is 9.47 Å². The van der Waals surface area contributed by atoms with Crippen molar-refractivity contribution >= 4 is 39.5 Å². The van der Waals surface area contributed by atoms with Crippen molar-refractivity contribution in [1.29, 1.82) is 0 Å². The number of anilines is 2. The van der Waals surface area contributed by atoms with E-state index in [1.165, 1.54) is 7.11 Å². The quantitative estimate of drug-likeness (QED) is 0.406. The number of hydrogen-bond acceptors (Lipinski definition) is 5. The molecule has 0 atom stereocenters. The van der Waals surface area contributed by atoms with Gasteiger partial charge in [0.1, 0.15) is 17.2 Å². The molecule has 5 rings (SSSR count). The van der Waals surface area contributed by atoms with Crippen LogP contribution in [0, 0.1) is 0 Å². The topological polar surface area (TPSA) is 67.9 Å². The lowest BCUT2D eigenvalue weighted by molar-refractivity contribution is -0.120. The normalized spacial score (nSPS) is 13.5. The summed E-state index contributed by atoms with van der Waals surface area (Å²) in [7, 11) is 3.09. The fraction of sp³-hybridized carbons (Fsp3) is 0.0714. The van der Waals surface area contributed by atoms with E-state index in [1.807, 2.05) is 42.5 Å². The average molecular weight is 450 g/mol. The maximum Gasteiger partial charge on any atom is 0.282 e. The molecule has 34 heavy (non-hydrogen) atoms. The Morgan fingerprint density at radius 3 is 2.18 bits per heavy atom. The van der Waals surface area contributed by atoms with Gasteiger partial charge in [0.05, 0.1) is 25.5 Å². The first-order chi connectivity index (χ1) is 16.6. The van der Waals surface area contributed by atoms with Crippen LogP contribution in [0.25, 0.3) is 16.3 Å². The monoisotopic (exact) mass is 450 g/mol. The highest BCUT2D eigenvalue weighted by atomic mass is 16.5. The number of carbonyl (C=O) groups is 2. The number of benzene rings is 4. The Balaban J connectivity index is 1.67. The summed E-state index contributed by atoms with van der Waals surface area (Å²) < 4.78 is 10.7. The number of rotatable bonds is 6. The van der Waals surface area contributed by atoms with E-state index < -0.39 is 11.8 Å². The SMILES string of the molecule is COc1ccc(C2=C(Nc3cccc4ccccc34)C(=O)N(c3ccccc3OC)C2=O)cc1. The molecule has 1 heterocycles. The van der Waals surface area contributed by atoms with Gasteiger partial charge in [-0.1, -0.05) is 60.7 Å². The summed E-state index contributed by atoms with van der Waals surface area (Å²) in [6.45, 7) is 0. The lowest BCUT2D eigenvalue weighted by atomic mass is 10.0. The summed E-state index contributed by atoms with van der Waals surface area (Å²) in [4.78, 5) is 28.6. The zero-order valence-corrected chi connectivity index (χ0v) is 18.7. The van der Waals surface area contributed by atoms with Gasteiger partial charge in [-0.15, -0.1) is 0 Å². The second kappa shape index (κ2) is 8.75. The number of fused-ring (bicyclic) bond motifs is 1. The number of nitrogens with zero attached hydrogens (tertiary/aromatic N) is 1. The largest absolute Gasteiger partial charge is 0.497 e. The van der Waals surface area contributed by atoms with Crippen molar-refractivity contribution in [2.24, 2.45) is 0 Å². The molecule has 6 nitrogen and oxygen atoms in total. The maximum atomic E-state index is 13.7. The molecule has 0 spiro atoms. The van der Waals surface area contributed by atoms with E-state index in [2.05, 4.69) is 5.32 Å². The molecule has 0 bridgehead atoms. The number of ether oxygens (including phenoxy) is 2. The van der Waals surface area contributed by atoms with Crippen molar-refractivity contribution in [3.63, 3.8) is 0 Å². The highest BCUT2D eigenvalue weighted by Gasteiger charge is 2.41. The fourth-order valence-electron chi connectivity index (χ4n) is 4.17. The van der Waals surface area contributed by atoms with Gasteiger partial charge in [-0.25, -0.2) is 4.90 Å². The molecule has 0 aliphatic carbocycles. The minimum absolute atomic E-state index is 0.206. The van der Waals surface area contributed by atoms with Gasteiger partial charge in [0.25, 0.3) is 11.8 Å². The number of methoxy groups -OCH3 is 2. The molecular formula is C28H22N2O4. The zero-order chi connectivity index (χ0) is 23.7. The third-order valence-corrected chi connectivity index (χ3v) is 5.84. The minimum atomic E-state index is -0.451. The third-order valence-electron chi connectivity index (χ3n) is 5.84. The Morgan fingerprint density at radius 2 is 1.41 bits per heavy atom. The first-order valence-corrected chi connectivity index (χ1v) is 10.8. The Bertz CT molecular complexity index is 1440. The standard InChI is InChI=1S/C28H22N2O4/c1-33-20-16-14-19(15-17-20)25-26(29-22-11-7-9-18-8-3-4-10-21(18)22)28(32)30(27(25)31)23-12-5-6-13-24(23)34-2/h3-17,29H,1-2H3. The number of hydrogen-bond donors (Lipinski definition) is 1. The van der Waals surface area contributed by atoms with Crippen LogP contribution in [0.5, 0.6) is 11.5 Å². The van der Waals surface area contributed by atoms with Gasteiger partial charge in [0.15, 0.2) is 0 Å². The van der Waals surface area contributed by atoms with Crippen molar-refractivity contribution < 1.29 is 19.1 Å². The van der Waals surface area contributed by atoms with Crippen molar-refractivity contribution in [3.8, 4) is 11.5 Å². The predicted octanol–water partition coefficient (Wildman–Crippen LogP) is 5.25. The van der Waals surface area contributed by atoms with Gasteiger partial charge in [-0.2, -0.15) is 0 Å². The molecule has 4 aromatic carbocycles. The Morgan fingerprint density at radius 1 is 0.706 bits per heavy atom. The maximum absolute atomic E-state index is 13.7. The first-order valence-electron chi connectivity index (χ1n) is 10.8. The van der Waals surface area contributed by atoms with Gasteiger partial charge < -0.3 is 14.8 Å². The van der Waals surface area contributed by atoms with Gasteiger partial charge >= 0.3 is 0 Å². The van der Waals surface area contributed by atoms with Crippen LogP contribution in [0.15, 0.2) is 96.7 Å². The third kappa shape index (κ3) is 3.55. The van der Waals surface area contributed by atoms with Crippen LogP contribution in [-0.2, 0) is 9.59 Å². The van der Waals surface area contributed by atoms with Crippen LogP contribution < -0.4 is 19.7 Å². The number of carbonyl (C=O) groups excluding carboxylic acids is 2. The van der Waals surface area contributed by atoms with Crippen molar-refractivity contribution in [3.05, 3.63) is 102 Å². The molecule has 0 saturated heterocycles. The predicted molar refractivity (Wildman–Crippen MR) is 133 cm³/mol. The summed E-state index contributed by atoms with van der Waals surface area (Å²) in [6.07, 6.45) is 0. The molecule has 1 aliphatic heterocycles. The van der Waals surface area contributed by atoms with Gasteiger partial charge in [-0.3, -0.25) is 9.59 Å². The van der Waals surface area contributed by atoms with Crippen molar-refractivity contribution in [2.45, 2.75) is 0 Å². The van der Waals surface area contributed by atoms with Gasteiger partial charge in [0.2, 0.25) is 0 Å². The van der Waals surface area contributed by atoms with E-state index in [1.54, 1.807) is 55.6 Å². The zero-order valence-electron chi connectivity index (χ0n) is 18.7. The molecule has 6 heteroatoms. The molecule has 0 fully saturated rings. The summed E-state index contributed by atoms with van der Waals surface area (Å²) in [6, 6.07) is 27.7. The lowest BCUT2D eigenvalue weighted by Crippen LogP contribution is -2.32. The van der Waals surface area contributed by atoms with Crippen LogP contribution in [0.4, 0.5) is 11.4 Å². The molecule has 0 radical (unpaired) electrons. The second-order valence-corrected chi connectivity index (χ2v) is 7.75. The highest BCUT2D eigenvalue weighted by molar-refractivity contribution is 6.46. The molecule has 0 saturated carbocycles. The average Bonchev–Trinajstić information content (AvgIpc) is 3.13. The number of para-hydroxylation sites is 2. The summed E-state index contributed by atoms with van der Waals surface area (Å²) in [5, 5.41) is 5.25. The highest BCUT2D eigenvalue weighted by Crippen LogP contribution is 2.38. The number of amides is 2. The van der Waals surface area contributed by atoms with E-state index >= 15 is 0 Å². The molecule has 2 amide bonds. The molecular weight excluding hydrogens is 428 g/mol. The molecule has 1 N–H and O–H groups in total. The smallest absolute Gasteiger partial charge is 0.282 e. The van der Waals surface area contributed by atoms with Crippen LogP contribution in [-0.4, -0.2) is 26.0 Å². The Kier molecular flexibility index (Phi) is 5.47. The van der Waals surface area contributed by atoms with Crippen LogP contribution in [0.3, 0.4) is 0 Å². The molecule has 0 aromatic heterocycles. The summed E-state index contributed by atoms with van der Waals surface area (Å²) >= 11 is 0. The van der Waals surface area contributed by atoms with Crippen molar-refractivity contribution in [2.75, 3.05) is 24.4 Å². The second-order valence-electron chi connectivity index (χ2n) is 7.75. The minimum Gasteiger partial charge on any atom is -0.497 e. The van der Waals surface area contributed by atoms with E-state index in [0.717, 1.165) is 21.4 Å². The van der Waals surface area contributed by atoms with Crippen molar-refractivity contribution in [1.82, 2.24) is 0 Å². The fourth-order valence-corrected chi connectivity index (χ4v) is 4.17. The first kappa shape index (κ1) is 21.3. The summed E-state index contributed by atoms with van der Waals surface area (Å²) in [5.74, 6) is 0.214.